The smallest absolute Gasteiger partial charge is 0.0714 e. The fourth-order valence-electron chi connectivity index (χ4n) is 12.8. The largest absolute Gasteiger partial charge is 0.309 e. The molecule has 0 saturated carbocycles. The normalized spacial score (nSPS) is 13.3. The van der Waals surface area contributed by atoms with Crippen LogP contribution in [0.1, 0.15) is 44.5 Å². The highest BCUT2D eigenvalue weighted by Crippen LogP contribution is 2.67. The van der Waals surface area contributed by atoms with Gasteiger partial charge in [-0.25, -0.2) is 0 Å². The molecule has 0 spiro atoms. The molecule has 0 atom stereocenters. The highest BCUT2D eigenvalue weighted by molar-refractivity contribution is 6.08. The first kappa shape index (κ1) is 44.2. The summed E-state index contributed by atoms with van der Waals surface area (Å²) in [6.45, 7) is 0. The Balaban J connectivity index is 1.20. The maximum Gasteiger partial charge on any atom is 0.0714 e. The predicted molar refractivity (Wildman–Crippen MR) is 312 cm³/mol. The average Bonchev–Trinajstić information content (AvgIpc) is 4.12. The van der Waals surface area contributed by atoms with Crippen molar-refractivity contribution in [2.45, 2.75) is 10.8 Å². The minimum atomic E-state index is -0.722. The Morgan fingerprint density at radius 2 is 0.520 bits per heavy atom. The lowest BCUT2D eigenvalue weighted by Crippen LogP contribution is -2.31. The first-order chi connectivity index (χ1) is 37.2. The fraction of sp³-hybridized carbons (Fsp3) is 0.0270. The summed E-state index contributed by atoms with van der Waals surface area (Å²) in [6.07, 6.45) is 0. The van der Waals surface area contributed by atoms with E-state index in [0.717, 1.165) is 17.1 Å². The second kappa shape index (κ2) is 18.2. The maximum absolute atomic E-state index is 2.64. The number of hydrogen-bond acceptors (Lipinski definition) is 1. The van der Waals surface area contributed by atoms with Crippen LogP contribution >= 0.6 is 0 Å². The summed E-state index contributed by atoms with van der Waals surface area (Å²) in [5, 5.41) is 0. The van der Waals surface area contributed by atoms with Crippen LogP contribution in [0.15, 0.2) is 309 Å². The molecule has 12 aromatic rings. The number of anilines is 3. The van der Waals surface area contributed by atoms with E-state index in [9.17, 15) is 0 Å². The van der Waals surface area contributed by atoms with Gasteiger partial charge >= 0.3 is 0 Å². The Bertz CT molecular complexity index is 3820. The van der Waals surface area contributed by atoms with Crippen LogP contribution in [0, 0.1) is 0 Å². The molecule has 14 rings (SSSR count). The van der Waals surface area contributed by atoms with Gasteiger partial charge in [0, 0.05) is 22.5 Å². The van der Waals surface area contributed by atoms with Gasteiger partial charge in [-0.3, -0.25) is 0 Å². The SMILES string of the molecule is c1ccc(-c2ccc(N(c3ccc(-c4ccccc4)cc3)c3c4c(cc5c3-c3cc(-c6ccccc6)ccc3C5(c3ccccc3)c3ccccc3)C(c3ccccc3)(c3ccccc3)c3ccccc3-4)cc2)cc1. The third kappa shape index (κ3) is 6.93. The molecule has 0 bridgehead atoms. The van der Waals surface area contributed by atoms with Gasteiger partial charge in [-0.1, -0.05) is 279 Å². The van der Waals surface area contributed by atoms with E-state index in [-0.39, 0.29) is 0 Å². The van der Waals surface area contributed by atoms with Crippen LogP contribution in [-0.2, 0) is 10.8 Å². The van der Waals surface area contributed by atoms with Gasteiger partial charge < -0.3 is 4.90 Å². The van der Waals surface area contributed by atoms with Crippen LogP contribution in [0.2, 0.25) is 0 Å². The van der Waals surface area contributed by atoms with Gasteiger partial charge in [-0.15, -0.1) is 0 Å². The summed E-state index contributed by atoms with van der Waals surface area (Å²) >= 11 is 0. The van der Waals surface area contributed by atoms with Gasteiger partial charge in [0.15, 0.2) is 0 Å². The molecule has 1 heteroatoms. The average molecular weight is 954 g/mol. The predicted octanol–water partition coefficient (Wildman–Crippen LogP) is 18.9. The number of hydrogen-bond donors (Lipinski definition) is 0. The summed E-state index contributed by atoms with van der Waals surface area (Å²) in [5.41, 5.74) is 23.8. The van der Waals surface area contributed by atoms with Crippen LogP contribution in [0.3, 0.4) is 0 Å². The quantitative estimate of drug-likeness (QED) is 0.132. The van der Waals surface area contributed by atoms with E-state index in [4.69, 9.17) is 0 Å². The highest BCUT2D eigenvalue weighted by Gasteiger charge is 2.54. The van der Waals surface area contributed by atoms with E-state index in [1.54, 1.807) is 0 Å². The minimum Gasteiger partial charge on any atom is -0.309 e. The van der Waals surface area contributed by atoms with E-state index in [0.29, 0.717) is 0 Å². The zero-order valence-corrected chi connectivity index (χ0v) is 41.4. The van der Waals surface area contributed by atoms with Crippen molar-refractivity contribution in [1.82, 2.24) is 0 Å². The second-order valence-corrected chi connectivity index (χ2v) is 19.9. The number of nitrogens with zero attached hydrogens (tertiary/aromatic N) is 1. The molecule has 75 heavy (non-hydrogen) atoms. The lowest BCUT2D eigenvalue weighted by molar-refractivity contribution is 0.744. The molecule has 0 unspecified atom stereocenters. The Morgan fingerprint density at radius 1 is 0.213 bits per heavy atom. The summed E-state index contributed by atoms with van der Waals surface area (Å²) in [4.78, 5) is 2.59. The lowest BCUT2D eigenvalue weighted by Gasteiger charge is -2.38. The fourth-order valence-corrected chi connectivity index (χ4v) is 12.8. The summed E-state index contributed by atoms with van der Waals surface area (Å²) in [5.74, 6) is 0. The Labute approximate surface area is 440 Å². The Morgan fingerprint density at radius 3 is 0.933 bits per heavy atom. The zero-order valence-electron chi connectivity index (χ0n) is 41.4. The number of rotatable bonds is 10. The van der Waals surface area contributed by atoms with Crippen LogP contribution in [0.4, 0.5) is 17.1 Å². The van der Waals surface area contributed by atoms with Crippen LogP contribution in [0.5, 0.6) is 0 Å². The molecule has 0 aromatic heterocycles. The zero-order chi connectivity index (χ0) is 49.8. The van der Waals surface area contributed by atoms with E-state index in [1.165, 1.54) is 100 Å². The molecule has 0 heterocycles. The van der Waals surface area contributed by atoms with Crippen molar-refractivity contribution in [3.05, 3.63) is 354 Å². The number of fused-ring (bicyclic) bond motifs is 6. The Hall–Kier alpha value is -9.56. The monoisotopic (exact) mass is 953 g/mol. The molecule has 1 nitrogen and oxygen atoms in total. The van der Waals surface area contributed by atoms with Gasteiger partial charge in [0.05, 0.1) is 16.5 Å². The van der Waals surface area contributed by atoms with E-state index < -0.39 is 10.8 Å². The standard InChI is InChI=1S/C74H51N/c1-8-24-52(25-9-1)55-40-45-62(46-41-55)75(63-47-42-56(43-48-63)53-26-10-2-11-27-53)72-70-64-38-22-23-39-66(64)73(58-30-14-4-15-31-58,59-32-16-5-17-33-59)68(70)51-69-71(72)65-50-57(54-28-12-3-13-29-54)44-49-67(65)74(69,60-34-18-6-19-35-60)61-36-20-7-21-37-61/h1-51H. The summed E-state index contributed by atoms with van der Waals surface area (Å²) in [6, 6.07) is 115. The molecule has 12 aromatic carbocycles. The van der Waals surface area contributed by atoms with Crippen LogP contribution in [-0.4, -0.2) is 0 Å². The van der Waals surface area contributed by atoms with Gasteiger partial charge in [0.25, 0.3) is 0 Å². The minimum absolute atomic E-state index is 0.693. The molecule has 0 amide bonds. The number of benzene rings is 12. The van der Waals surface area contributed by atoms with Crippen molar-refractivity contribution in [3.63, 3.8) is 0 Å². The topological polar surface area (TPSA) is 3.24 Å². The molecule has 0 saturated heterocycles. The molecule has 0 fully saturated rings. The first-order valence-corrected chi connectivity index (χ1v) is 26.1. The molecule has 0 aliphatic heterocycles. The van der Waals surface area contributed by atoms with Crippen molar-refractivity contribution >= 4 is 17.1 Å². The van der Waals surface area contributed by atoms with Crippen LogP contribution < -0.4 is 4.90 Å². The third-order valence-electron chi connectivity index (χ3n) is 16.0. The molecule has 0 N–H and O–H groups in total. The van der Waals surface area contributed by atoms with E-state index >= 15 is 0 Å². The highest BCUT2D eigenvalue weighted by atomic mass is 15.1. The van der Waals surface area contributed by atoms with Gasteiger partial charge in [0.2, 0.25) is 0 Å². The maximum atomic E-state index is 2.64. The van der Waals surface area contributed by atoms with E-state index in [1.807, 2.05) is 0 Å². The van der Waals surface area contributed by atoms with Gasteiger partial charge in [-0.2, -0.15) is 0 Å². The van der Waals surface area contributed by atoms with Gasteiger partial charge in [0.1, 0.15) is 0 Å². The molecular weight excluding hydrogens is 903 g/mol. The molecular formula is C74H51N. The lowest BCUT2D eigenvalue weighted by atomic mass is 9.64. The second-order valence-electron chi connectivity index (χ2n) is 19.9. The summed E-state index contributed by atoms with van der Waals surface area (Å²) in [7, 11) is 0. The van der Waals surface area contributed by atoms with Crippen LogP contribution in [0.25, 0.3) is 55.6 Å². The molecule has 2 aliphatic carbocycles. The molecule has 352 valence electrons. The van der Waals surface area contributed by atoms with Crippen molar-refractivity contribution in [2.24, 2.45) is 0 Å². The third-order valence-corrected chi connectivity index (χ3v) is 16.0. The van der Waals surface area contributed by atoms with Crippen molar-refractivity contribution < 1.29 is 0 Å². The first-order valence-electron chi connectivity index (χ1n) is 26.1. The van der Waals surface area contributed by atoms with Crippen molar-refractivity contribution in [3.8, 4) is 55.6 Å². The van der Waals surface area contributed by atoms with Crippen molar-refractivity contribution in [2.75, 3.05) is 4.90 Å². The molecule has 2 aliphatic rings. The van der Waals surface area contributed by atoms with Crippen molar-refractivity contribution in [1.29, 1.82) is 0 Å². The summed E-state index contributed by atoms with van der Waals surface area (Å²) < 4.78 is 0. The Kier molecular flexibility index (Phi) is 10.7. The molecule has 0 radical (unpaired) electrons. The van der Waals surface area contributed by atoms with E-state index in [2.05, 4.69) is 314 Å². The van der Waals surface area contributed by atoms with Gasteiger partial charge in [-0.05, 0) is 119 Å².